The lowest BCUT2D eigenvalue weighted by Crippen LogP contribution is -2.13. The third-order valence-electron chi connectivity index (χ3n) is 2.65. The van der Waals surface area contributed by atoms with Gasteiger partial charge in [0, 0.05) is 19.0 Å². The van der Waals surface area contributed by atoms with E-state index in [0.29, 0.717) is 5.92 Å². The SMILES string of the molecule is CC1CCC=N/C(C(C)C)=C\NCC1. The Morgan fingerprint density at radius 2 is 2.21 bits per heavy atom. The Hall–Kier alpha value is -0.790. The monoisotopic (exact) mass is 194 g/mol. The average Bonchev–Trinajstić information content (AvgIpc) is 2.15. The summed E-state index contributed by atoms with van der Waals surface area (Å²) in [5, 5.41) is 3.34. The van der Waals surface area contributed by atoms with Crippen molar-refractivity contribution in [2.75, 3.05) is 6.54 Å². The first kappa shape index (κ1) is 11.3. The fourth-order valence-electron chi connectivity index (χ4n) is 1.53. The highest BCUT2D eigenvalue weighted by molar-refractivity contribution is 5.58. The first-order chi connectivity index (χ1) is 6.70. The van der Waals surface area contributed by atoms with E-state index in [-0.39, 0.29) is 0 Å². The molecule has 0 radical (unpaired) electrons. The second-order valence-corrected chi connectivity index (χ2v) is 4.46. The summed E-state index contributed by atoms with van der Waals surface area (Å²) < 4.78 is 0. The molecule has 1 heterocycles. The van der Waals surface area contributed by atoms with Crippen LogP contribution in [-0.2, 0) is 0 Å². The van der Waals surface area contributed by atoms with Gasteiger partial charge in [0.25, 0.3) is 0 Å². The number of nitrogens with zero attached hydrogens (tertiary/aromatic N) is 1. The second-order valence-electron chi connectivity index (χ2n) is 4.46. The molecule has 1 unspecified atom stereocenters. The highest BCUT2D eigenvalue weighted by Crippen LogP contribution is 2.13. The van der Waals surface area contributed by atoms with Gasteiger partial charge in [0.2, 0.25) is 0 Å². The van der Waals surface area contributed by atoms with Crippen molar-refractivity contribution in [2.45, 2.75) is 40.0 Å². The van der Waals surface area contributed by atoms with E-state index in [1.807, 2.05) is 0 Å². The standard InChI is InChI=1S/C12H22N2/c1-10(2)12-9-13-8-6-11(3)5-4-7-14-12/h7,9-11,13H,4-6,8H2,1-3H3/b12-9-,14-7?. The molecule has 0 bridgehead atoms. The van der Waals surface area contributed by atoms with E-state index in [9.17, 15) is 0 Å². The molecular formula is C12H22N2. The maximum absolute atomic E-state index is 4.49. The molecule has 0 saturated heterocycles. The fourth-order valence-corrected chi connectivity index (χ4v) is 1.53. The first-order valence-corrected chi connectivity index (χ1v) is 5.66. The summed E-state index contributed by atoms with van der Waals surface area (Å²) in [5.41, 5.74) is 1.17. The van der Waals surface area contributed by atoms with E-state index in [1.165, 1.54) is 18.5 Å². The summed E-state index contributed by atoms with van der Waals surface area (Å²) >= 11 is 0. The van der Waals surface area contributed by atoms with E-state index in [4.69, 9.17) is 0 Å². The summed E-state index contributed by atoms with van der Waals surface area (Å²) in [6.45, 7) is 7.75. The summed E-state index contributed by atoms with van der Waals surface area (Å²) in [6, 6.07) is 0. The van der Waals surface area contributed by atoms with E-state index in [1.54, 1.807) is 0 Å². The minimum Gasteiger partial charge on any atom is -0.389 e. The zero-order valence-electron chi connectivity index (χ0n) is 9.59. The molecular weight excluding hydrogens is 172 g/mol. The van der Waals surface area contributed by atoms with Gasteiger partial charge in [-0.25, -0.2) is 0 Å². The Balaban J connectivity index is 2.57. The van der Waals surface area contributed by atoms with Crippen molar-refractivity contribution in [3.63, 3.8) is 0 Å². The van der Waals surface area contributed by atoms with E-state index in [2.05, 4.69) is 43.5 Å². The molecule has 2 nitrogen and oxygen atoms in total. The smallest absolute Gasteiger partial charge is 0.0581 e. The highest BCUT2D eigenvalue weighted by Gasteiger charge is 2.04. The number of rotatable bonds is 1. The Kier molecular flexibility index (Phi) is 4.71. The summed E-state index contributed by atoms with van der Waals surface area (Å²) in [6.07, 6.45) is 7.77. The molecule has 0 fully saturated rings. The molecule has 1 aliphatic heterocycles. The van der Waals surface area contributed by atoms with Gasteiger partial charge in [0.15, 0.2) is 0 Å². The lowest BCUT2D eigenvalue weighted by molar-refractivity contribution is 0.494. The lowest BCUT2D eigenvalue weighted by atomic mass is 10.0. The van der Waals surface area contributed by atoms with Crippen LogP contribution in [0.1, 0.15) is 40.0 Å². The molecule has 0 spiro atoms. The summed E-state index contributed by atoms with van der Waals surface area (Å²) in [4.78, 5) is 4.49. The summed E-state index contributed by atoms with van der Waals surface area (Å²) in [5.74, 6) is 1.32. The Bertz CT molecular complexity index is 216. The summed E-state index contributed by atoms with van der Waals surface area (Å²) in [7, 11) is 0. The van der Waals surface area contributed by atoms with E-state index < -0.39 is 0 Å². The second kappa shape index (κ2) is 5.84. The number of hydrogen-bond donors (Lipinski definition) is 1. The van der Waals surface area contributed by atoms with Crippen LogP contribution in [0.3, 0.4) is 0 Å². The topological polar surface area (TPSA) is 24.4 Å². The maximum Gasteiger partial charge on any atom is 0.0581 e. The van der Waals surface area contributed by atoms with Crippen molar-refractivity contribution >= 4 is 6.21 Å². The maximum atomic E-state index is 4.49. The molecule has 0 aromatic heterocycles. The van der Waals surface area contributed by atoms with Gasteiger partial charge in [-0.2, -0.15) is 0 Å². The van der Waals surface area contributed by atoms with Crippen molar-refractivity contribution in [3.05, 3.63) is 11.9 Å². The third-order valence-corrected chi connectivity index (χ3v) is 2.65. The van der Waals surface area contributed by atoms with Gasteiger partial charge in [0.05, 0.1) is 5.70 Å². The normalized spacial score (nSPS) is 28.0. The molecule has 1 rings (SSSR count). The highest BCUT2D eigenvalue weighted by atomic mass is 14.9. The van der Waals surface area contributed by atoms with Gasteiger partial charge in [-0.15, -0.1) is 0 Å². The Morgan fingerprint density at radius 3 is 2.93 bits per heavy atom. The molecule has 1 atom stereocenters. The van der Waals surface area contributed by atoms with Gasteiger partial charge in [-0.3, -0.25) is 4.99 Å². The molecule has 0 aliphatic carbocycles. The molecule has 2 heteroatoms. The zero-order valence-corrected chi connectivity index (χ0v) is 9.59. The van der Waals surface area contributed by atoms with Crippen LogP contribution in [0.15, 0.2) is 16.9 Å². The third kappa shape index (κ3) is 3.95. The number of nitrogens with one attached hydrogen (secondary N) is 1. The molecule has 0 aromatic carbocycles. The Labute approximate surface area is 87.5 Å². The Morgan fingerprint density at radius 1 is 1.43 bits per heavy atom. The van der Waals surface area contributed by atoms with Crippen LogP contribution in [-0.4, -0.2) is 12.8 Å². The molecule has 1 aliphatic rings. The van der Waals surface area contributed by atoms with Crippen LogP contribution < -0.4 is 5.32 Å². The van der Waals surface area contributed by atoms with Crippen molar-refractivity contribution in [3.8, 4) is 0 Å². The van der Waals surface area contributed by atoms with Crippen molar-refractivity contribution in [1.29, 1.82) is 0 Å². The fraction of sp³-hybridized carbons (Fsp3) is 0.750. The number of allylic oxidation sites excluding steroid dienone is 1. The van der Waals surface area contributed by atoms with Crippen LogP contribution in [0.2, 0.25) is 0 Å². The number of hydrogen-bond acceptors (Lipinski definition) is 2. The van der Waals surface area contributed by atoms with Gasteiger partial charge in [0.1, 0.15) is 0 Å². The van der Waals surface area contributed by atoms with Gasteiger partial charge >= 0.3 is 0 Å². The van der Waals surface area contributed by atoms with E-state index >= 15 is 0 Å². The van der Waals surface area contributed by atoms with Crippen LogP contribution in [0.4, 0.5) is 0 Å². The molecule has 0 saturated carbocycles. The average molecular weight is 194 g/mol. The number of aliphatic imine (C=N–C) groups is 1. The van der Waals surface area contributed by atoms with Crippen LogP contribution in [0, 0.1) is 11.8 Å². The first-order valence-electron chi connectivity index (χ1n) is 5.66. The van der Waals surface area contributed by atoms with Crippen LogP contribution in [0.5, 0.6) is 0 Å². The molecule has 1 N–H and O–H groups in total. The predicted octanol–water partition coefficient (Wildman–Crippen LogP) is 2.96. The van der Waals surface area contributed by atoms with Crippen molar-refractivity contribution in [2.24, 2.45) is 16.8 Å². The molecule has 0 aromatic rings. The van der Waals surface area contributed by atoms with Gasteiger partial charge in [-0.1, -0.05) is 20.8 Å². The van der Waals surface area contributed by atoms with Crippen molar-refractivity contribution in [1.82, 2.24) is 5.32 Å². The minimum atomic E-state index is 0.510. The largest absolute Gasteiger partial charge is 0.389 e. The van der Waals surface area contributed by atoms with Crippen LogP contribution in [0.25, 0.3) is 0 Å². The molecule has 14 heavy (non-hydrogen) atoms. The lowest BCUT2D eigenvalue weighted by Gasteiger charge is -2.13. The zero-order chi connectivity index (χ0) is 10.4. The van der Waals surface area contributed by atoms with Crippen LogP contribution >= 0.6 is 0 Å². The quantitative estimate of drug-likeness (QED) is 0.682. The van der Waals surface area contributed by atoms with Gasteiger partial charge < -0.3 is 5.32 Å². The van der Waals surface area contributed by atoms with Crippen molar-refractivity contribution < 1.29 is 0 Å². The predicted molar refractivity (Wildman–Crippen MR) is 62.4 cm³/mol. The minimum absolute atomic E-state index is 0.510. The van der Waals surface area contributed by atoms with E-state index in [0.717, 1.165) is 18.9 Å². The molecule has 0 amide bonds. The van der Waals surface area contributed by atoms with Gasteiger partial charge in [-0.05, 0) is 31.1 Å². The molecule has 80 valence electrons.